The number of rotatable bonds is 5. The molecule has 0 amide bonds. The van der Waals surface area contributed by atoms with Gasteiger partial charge in [-0.3, -0.25) is 0 Å². The summed E-state index contributed by atoms with van der Waals surface area (Å²) in [7, 11) is 3.22. The number of ether oxygens (including phenoxy) is 2. The molecule has 1 aromatic rings. The van der Waals surface area contributed by atoms with Crippen molar-refractivity contribution in [2.75, 3.05) is 38.4 Å². The first-order valence-electron chi connectivity index (χ1n) is 3.81. The predicted octanol–water partition coefficient (Wildman–Crippen LogP) is 0.792. The average Bonchev–Trinajstić information content (AvgIpc) is 2.47. The van der Waals surface area contributed by atoms with Crippen molar-refractivity contribution < 1.29 is 9.47 Å². The molecular weight excluding hydrogens is 190 g/mol. The molecule has 0 bridgehead atoms. The van der Waals surface area contributed by atoms with Crippen LogP contribution in [0.1, 0.15) is 0 Å². The Kier molecular flexibility index (Phi) is 3.78. The van der Waals surface area contributed by atoms with E-state index in [9.17, 15) is 0 Å². The van der Waals surface area contributed by atoms with E-state index in [1.807, 2.05) is 0 Å². The zero-order chi connectivity index (χ0) is 9.68. The summed E-state index contributed by atoms with van der Waals surface area (Å²) in [5.41, 5.74) is 5.56. The van der Waals surface area contributed by atoms with Gasteiger partial charge in [-0.2, -0.15) is 4.37 Å². The van der Waals surface area contributed by atoms with E-state index >= 15 is 0 Å². The molecule has 0 radical (unpaired) electrons. The maximum Gasteiger partial charge on any atom is 0.197 e. The predicted molar refractivity (Wildman–Crippen MR) is 53.4 cm³/mol. The van der Waals surface area contributed by atoms with Gasteiger partial charge in [-0.05, 0) is 11.5 Å². The zero-order valence-electron chi connectivity index (χ0n) is 7.66. The van der Waals surface area contributed by atoms with E-state index in [0.29, 0.717) is 24.7 Å². The number of nitrogens with one attached hydrogen (secondary N) is 1. The van der Waals surface area contributed by atoms with Crippen LogP contribution in [-0.2, 0) is 4.74 Å². The third-order valence-corrected chi connectivity index (χ3v) is 2.27. The van der Waals surface area contributed by atoms with E-state index in [-0.39, 0.29) is 0 Å². The van der Waals surface area contributed by atoms with E-state index in [0.717, 1.165) is 5.00 Å². The van der Waals surface area contributed by atoms with E-state index in [1.54, 1.807) is 14.2 Å². The minimum atomic E-state index is 0.424. The van der Waals surface area contributed by atoms with E-state index < -0.39 is 0 Å². The van der Waals surface area contributed by atoms with Crippen LogP contribution in [0.3, 0.4) is 0 Å². The second kappa shape index (κ2) is 4.88. The van der Waals surface area contributed by atoms with Crippen LogP contribution in [0, 0.1) is 0 Å². The quantitative estimate of drug-likeness (QED) is 0.692. The lowest BCUT2D eigenvalue weighted by Gasteiger charge is -2.04. The van der Waals surface area contributed by atoms with Crippen LogP contribution in [0.2, 0.25) is 0 Å². The Bertz CT molecular complexity index is 264. The average molecular weight is 203 g/mol. The van der Waals surface area contributed by atoms with Gasteiger partial charge in [-0.25, -0.2) is 0 Å². The lowest BCUT2D eigenvalue weighted by Crippen LogP contribution is -2.07. The Hall–Kier alpha value is -1.01. The van der Waals surface area contributed by atoms with E-state index in [4.69, 9.17) is 15.2 Å². The summed E-state index contributed by atoms with van der Waals surface area (Å²) in [5.74, 6) is 1.04. The summed E-state index contributed by atoms with van der Waals surface area (Å²) >= 11 is 1.28. The third kappa shape index (κ3) is 2.46. The highest BCUT2D eigenvalue weighted by Gasteiger charge is 2.10. The number of anilines is 2. The summed E-state index contributed by atoms with van der Waals surface area (Å²) in [6.07, 6.45) is 0. The number of hydrogen-bond donors (Lipinski definition) is 2. The number of nitrogen functional groups attached to an aromatic ring is 1. The molecule has 74 valence electrons. The lowest BCUT2D eigenvalue weighted by molar-refractivity contribution is 0.211. The van der Waals surface area contributed by atoms with Crippen LogP contribution in [0.4, 0.5) is 10.8 Å². The highest BCUT2D eigenvalue weighted by molar-refractivity contribution is 7.11. The Morgan fingerprint density at radius 3 is 2.92 bits per heavy atom. The Morgan fingerprint density at radius 2 is 2.31 bits per heavy atom. The highest BCUT2D eigenvalue weighted by Crippen LogP contribution is 2.34. The molecule has 0 aliphatic heterocycles. The summed E-state index contributed by atoms with van der Waals surface area (Å²) in [6.45, 7) is 1.36. The fourth-order valence-corrected chi connectivity index (χ4v) is 1.58. The molecule has 13 heavy (non-hydrogen) atoms. The second-order valence-corrected chi connectivity index (χ2v) is 3.12. The molecule has 0 atom stereocenters. The van der Waals surface area contributed by atoms with Crippen LogP contribution in [0.15, 0.2) is 0 Å². The van der Waals surface area contributed by atoms with Gasteiger partial charge in [0.05, 0.1) is 13.7 Å². The van der Waals surface area contributed by atoms with Gasteiger partial charge in [0.1, 0.15) is 0 Å². The maximum absolute atomic E-state index is 5.56. The van der Waals surface area contributed by atoms with Gasteiger partial charge in [-0.15, -0.1) is 0 Å². The molecule has 1 rings (SSSR count). The van der Waals surface area contributed by atoms with Crippen LogP contribution < -0.4 is 15.8 Å². The van der Waals surface area contributed by atoms with Crippen LogP contribution in [0.5, 0.6) is 5.75 Å². The molecule has 3 N–H and O–H groups in total. The summed E-state index contributed by atoms with van der Waals surface area (Å²) in [6, 6.07) is 0. The SMILES string of the molecule is COCCNc1snc(N)c1OC. The van der Waals surface area contributed by atoms with Gasteiger partial charge in [0, 0.05) is 13.7 Å². The monoisotopic (exact) mass is 203 g/mol. The minimum absolute atomic E-state index is 0.424. The maximum atomic E-state index is 5.56. The molecule has 0 aliphatic carbocycles. The molecule has 1 heterocycles. The number of aromatic nitrogens is 1. The third-order valence-electron chi connectivity index (χ3n) is 1.47. The van der Waals surface area contributed by atoms with E-state index in [1.165, 1.54) is 11.5 Å². The van der Waals surface area contributed by atoms with Crippen LogP contribution >= 0.6 is 11.5 Å². The first-order chi connectivity index (χ1) is 6.29. The molecule has 6 heteroatoms. The highest BCUT2D eigenvalue weighted by atomic mass is 32.1. The molecule has 0 unspecified atom stereocenters. The van der Waals surface area contributed by atoms with Gasteiger partial charge >= 0.3 is 0 Å². The van der Waals surface area contributed by atoms with Crippen molar-refractivity contribution in [1.82, 2.24) is 4.37 Å². The van der Waals surface area contributed by atoms with Gasteiger partial charge in [-0.1, -0.05) is 0 Å². The van der Waals surface area contributed by atoms with Crippen LogP contribution in [0.25, 0.3) is 0 Å². The first-order valence-corrected chi connectivity index (χ1v) is 4.59. The normalized spacial score (nSPS) is 10.0. The van der Waals surface area contributed by atoms with E-state index in [2.05, 4.69) is 9.69 Å². The topological polar surface area (TPSA) is 69.4 Å². The number of methoxy groups -OCH3 is 2. The summed E-state index contributed by atoms with van der Waals surface area (Å²) in [4.78, 5) is 0. The second-order valence-electron chi connectivity index (χ2n) is 2.35. The van der Waals surface area contributed by atoms with Crippen molar-refractivity contribution in [2.45, 2.75) is 0 Å². The molecule has 0 saturated heterocycles. The molecule has 0 aromatic carbocycles. The molecule has 0 saturated carbocycles. The Balaban J connectivity index is 2.55. The Labute approximate surface area is 81.0 Å². The largest absolute Gasteiger partial charge is 0.490 e. The Morgan fingerprint density at radius 1 is 1.54 bits per heavy atom. The molecule has 0 aliphatic rings. The number of nitrogens with two attached hydrogens (primary N) is 1. The fourth-order valence-electron chi connectivity index (χ4n) is 0.870. The van der Waals surface area contributed by atoms with Crippen molar-refractivity contribution in [3.63, 3.8) is 0 Å². The molecule has 1 aromatic heterocycles. The molecule has 0 spiro atoms. The van der Waals surface area contributed by atoms with Gasteiger partial charge in [0.25, 0.3) is 0 Å². The molecule has 5 nitrogen and oxygen atoms in total. The van der Waals surface area contributed by atoms with Gasteiger partial charge in [0.2, 0.25) is 0 Å². The molecule has 0 fully saturated rings. The number of nitrogens with zero attached hydrogens (tertiary/aromatic N) is 1. The molecular formula is C7H13N3O2S. The zero-order valence-corrected chi connectivity index (χ0v) is 8.48. The summed E-state index contributed by atoms with van der Waals surface area (Å²) < 4.78 is 13.9. The van der Waals surface area contributed by atoms with Crippen molar-refractivity contribution in [2.24, 2.45) is 0 Å². The smallest absolute Gasteiger partial charge is 0.197 e. The first kappa shape index (κ1) is 10.1. The number of hydrogen-bond acceptors (Lipinski definition) is 6. The lowest BCUT2D eigenvalue weighted by atomic mass is 10.5. The minimum Gasteiger partial charge on any atom is -0.490 e. The fraction of sp³-hybridized carbons (Fsp3) is 0.571. The van der Waals surface area contributed by atoms with Crippen molar-refractivity contribution in [1.29, 1.82) is 0 Å². The van der Waals surface area contributed by atoms with Crippen LogP contribution in [-0.4, -0.2) is 31.7 Å². The van der Waals surface area contributed by atoms with Crippen molar-refractivity contribution >= 4 is 22.4 Å². The van der Waals surface area contributed by atoms with Crippen molar-refractivity contribution in [3.05, 3.63) is 0 Å². The standard InChI is InChI=1S/C7H13N3O2S/c1-11-4-3-9-7-5(12-2)6(8)10-13-7/h9H,3-4H2,1-2H3,(H2,8,10). The van der Waals surface area contributed by atoms with Gasteiger partial charge in [0.15, 0.2) is 16.6 Å². The van der Waals surface area contributed by atoms with Gasteiger partial charge < -0.3 is 20.5 Å². The summed E-state index contributed by atoms with van der Waals surface area (Å²) in [5, 5.41) is 3.96. The van der Waals surface area contributed by atoms with Crippen molar-refractivity contribution in [3.8, 4) is 5.75 Å².